The molecule has 8 nitrogen and oxygen atoms in total. The van der Waals surface area contributed by atoms with Crippen LogP contribution in [-0.4, -0.2) is 42.3 Å². The van der Waals surface area contributed by atoms with E-state index in [2.05, 4.69) is 35.1 Å². The number of alkyl carbamates (subject to hydrolysis) is 1. The van der Waals surface area contributed by atoms with Crippen LogP contribution in [0.3, 0.4) is 0 Å². The lowest BCUT2D eigenvalue weighted by Gasteiger charge is -2.24. The smallest absolute Gasteiger partial charge is 0.407 e. The number of rotatable bonds is 9. The highest BCUT2D eigenvalue weighted by Crippen LogP contribution is 2.44. The van der Waals surface area contributed by atoms with Gasteiger partial charge in [-0.05, 0) is 35.6 Å². The zero-order chi connectivity index (χ0) is 23.3. The Balaban J connectivity index is 1.48. The molecule has 2 amide bonds. The number of nitrogens with one attached hydrogen (secondary N) is 2. The van der Waals surface area contributed by atoms with E-state index in [1.165, 1.54) is 6.92 Å². The minimum absolute atomic E-state index is 0.0243. The molecule has 1 unspecified atom stereocenters. The predicted octanol–water partition coefficient (Wildman–Crippen LogP) is 3.46. The average Bonchev–Trinajstić information content (AvgIpc) is 3.09. The number of benzene rings is 2. The Hall–Kier alpha value is -3.39. The molecule has 2 aromatic rings. The third-order valence-corrected chi connectivity index (χ3v) is 5.65. The van der Waals surface area contributed by atoms with E-state index in [1.54, 1.807) is 13.8 Å². The predicted molar refractivity (Wildman–Crippen MR) is 118 cm³/mol. The molecule has 0 saturated carbocycles. The first-order valence-corrected chi connectivity index (χ1v) is 10.5. The highest BCUT2D eigenvalue weighted by Gasteiger charge is 2.30. The van der Waals surface area contributed by atoms with E-state index < -0.39 is 29.5 Å². The Morgan fingerprint density at radius 1 is 1.03 bits per heavy atom. The molecule has 0 bridgehead atoms. The summed E-state index contributed by atoms with van der Waals surface area (Å²) in [6, 6.07) is 16.2. The van der Waals surface area contributed by atoms with Gasteiger partial charge in [-0.1, -0.05) is 62.4 Å². The third kappa shape index (κ3) is 5.26. The summed E-state index contributed by atoms with van der Waals surface area (Å²) in [7, 11) is 0. The summed E-state index contributed by atoms with van der Waals surface area (Å²) in [6.45, 7) is 5.09. The van der Waals surface area contributed by atoms with Gasteiger partial charge in [-0.3, -0.25) is 9.63 Å². The monoisotopic (exact) mass is 440 g/mol. The molecule has 0 fully saturated rings. The topological polar surface area (TPSA) is 114 Å². The third-order valence-electron chi connectivity index (χ3n) is 5.65. The van der Waals surface area contributed by atoms with Gasteiger partial charge in [0.1, 0.15) is 6.61 Å². The molecule has 0 saturated heterocycles. The minimum Gasteiger partial charge on any atom is -0.479 e. The Kier molecular flexibility index (Phi) is 7.15. The average molecular weight is 440 g/mol. The van der Waals surface area contributed by atoms with Crippen molar-refractivity contribution in [3.05, 3.63) is 59.7 Å². The summed E-state index contributed by atoms with van der Waals surface area (Å²) >= 11 is 0. The van der Waals surface area contributed by atoms with E-state index >= 15 is 0 Å². The number of carbonyl (C=O) groups is 3. The fourth-order valence-corrected chi connectivity index (χ4v) is 3.57. The lowest BCUT2D eigenvalue weighted by Crippen LogP contribution is -2.42. The maximum Gasteiger partial charge on any atom is 0.407 e. The number of carbonyl (C=O) groups excluding carboxylic acids is 2. The van der Waals surface area contributed by atoms with Crippen molar-refractivity contribution in [2.24, 2.45) is 5.41 Å². The van der Waals surface area contributed by atoms with Gasteiger partial charge in [0.25, 0.3) is 0 Å². The van der Waals surface area contributed by atoms with Crippen molar-refractivity contribution in [2.45, 2.75) is 39.2 Å². The number of ether oxygens (including phenoxy) is 1. The Bertz CT molecular complexity index is 958. The van der Waals surface area contributed by atoms with Gasteiger partial charge in [-0.15, -0.1) is 0 Å². The molecule has 170 valence electrons. The van der Waals surface area contributed by atoms with Crippen LogP contribution in [0.1, 0.15) is 44.2 Å². The first-order valence-electron chi connectivity index (χ1n) is 10.5. The molecule has 1 aliphatic carbocycles. The van der Waals surface area contributed by atoms with Gasteiger partial charge in [-0.25, -0.2) is 15.1 Å². The first kappa shape index (κ1) is 23.3. The number of carboxylic acids is 1. The van der Waals surface area contributed by atoms with Crippen molar-refractivity contribution in [3.8, 4) is 11.1 Å². The molecule has 3 N–H and O–H groups in total. The number of aliphatic carboxylic acids is 1. The molecule has 0 spiro atoms. The molecule has 0 aliphatic heterocycles. The highest BCUT2D eigenvalue weighted by molar-refractivity contribution is 5.81. The number of hydroxylamine groups is 1. The van der Waals surface area contributed by atoms with Crippen LogP contribution in [0.4, 0.5) is 4.79 Å². The zero-order valence-electron chi connectivity index (χ0n) is 18.4. The van der Waals surface area contributed by atoms with E-state index in [0.29, 0.717) is 6.42 Å². The zero-order valence-corrected chi connectivity index (χ0v) is 18.4. The maximum atomic E-state index is 12.2. The van der Waals surface area contributed by atoms with Gasteiger partial charge in [0.2, 0.25) is 5.91 Å². The van der Waals surface area contributed by atoms with Crippen molar-refractivity contribution in [3.63, 3.8) is 0 Å². The van der Waals surface area contributed by atoms with Crippen LogP contribution < -0.4 is 10.8 Å². The summed E-state index contributed by atoms with van der Waals surface area (Å²) in [6.07, 6.45) is -1.40. The lowest BCUT2D eigenvalue weighted by atomic mass is 9.88. The van der Waals surface area contributed by atoms with Crippen molar-refractivity contribution in [1.29, 1.82) is 0 Å². The molecular formula is C24H28N2O6. The van der Waals surface area contributed by atoms with E-state index in [1.807, 2.05) is 24.3 Å². The number of fused-ring (bicyclic) bond motifs is 3. The Morgan fingerprint density at radius 3 is 2.16 bits per heavy atom. The second-order valence-corrected chi connectivity index (χ2v) is 8.42. The van der Waals surface area contributed by atoms with Crippen LogP contribution in [0.5, 0.6) is 0 Å². The maximum absolute atomic E-state index is 12.2. The first-order chi connectivity index (χ1) is 15.2. The number of hydrogen-bond donors (Lipinski definition) is 3. The molecule has 1 atom stereocenters. The molecule has 2 aromatic carbocycles. The van der Waals surface area contributed by atoms with E-state index in [-0.39, 0.29) is 19.1 Å². The fraction of sp³-hybridized carbons (Fsp3) is 0.375. The molecule has 0 radical (unpaired) electrons. The number of hydrogen-bond acceptors (Lipinski definition) is 5. The van der Waals surface area contributed by atoms with Gasteiger partial charge in [0, 0.05) is 17.9 Å². The van der Waals surface area contributed by atoms with Crippen molar-refractivity contribution in [2.75, 3.05) is 13.2 Å². The molecule has 32 heavy (non-hydrogen) atoms. The van der Waals surface area contributed by atoms with Gasteiger partial charge in [0.05, 0.1) is 0 Å². The quantitative estimate of drug-likeness (QED) is 0.515. The standard InChI is InChI=1S/C24H28N2O6/c1-15(21(27)28)32-26-22(29)24(2,3)12-13-25-23(30)31-14-20-18-10-6-4-8-16(18)17-9-5-7-11-19(17)20/h4-11,15,20H,12-14H2,1-3H3,(H,25,30)(H,26,29)(H,27,28). The number of amides is 2. The molecule has 8 heteroatoms. The second kappa shape index (κ2) is 9.82. The minimum atomic E-state index is -1.18. The van der Waals surface area contributed by atoms with Crippen LogP contribution in [0.2, 0.25) is 0 Å². The molecular weight excluding hydrogens is 412 g/mol. The van der Waals surface area contributed by atoms with Crippen LogP contribution in [0.15, 0.2) is 48.5 Å². The van der Waals surface area contributed by atoms with Gasteiger partial charge < -0.3 is 15.2 Å². The van der Waals surface area contributed by atoms with Crippen molar-refractivity contribution < 1.29 is 29.1 Å². The summed E-state index contributed by atoms with van der Waals surface area (Å²) in [5, 5.41) is 11.5. The normalized spacial score (nSPS) is 13.6. The van der Waals surface area contributed by atoms with Crippen molar-refractivity contribution in [1.82, 2.24) is 10.8 Å². The van der Waals surface area contributed by atoms with Crippen LogP contribution >= 0.6 is 0 Å². The van der Waals surface area contributed by atoms with Gasteiger partial charge >= 0.3 is 12.1 Å². The Labute approximate surface area is 186 Å². The number of carboxylic acid groups (broad SMARTS) is 1. The summed E-state index contributed by atoms with van der Waals surface area (Å²) in [5.41, 5.74) is 5.86. The van der Waals surface area contributed by atoms with Crippen LogP contribution in [-0.2, 0) is 19.2 Å². The Morgan fingerprint density at radius 2 is 1.59 bits per heavy atom. The van der Waals surface area contributed by atoms with Crippen molar-refractivity contribution >= 4 is 18.0 Å². The molecule has 3 rings (SSSR count). The van der Waals surface area contributed by atoms with Gasteiger partial charge in [-0.2, -0.15) is 0 Å². The van der Waals surface area contributed by atoms with Crippen LogP contribution in [0.25, 0.3) is 11.1 Å². The molecule has 0 aromatic heterocycles. The SMILES string of the molecule is CC(ONC(=O)C(C)(C)CCNC(=O)OCC1c2ccccc2-c2ccccc21)C(=O)O. The van der Waals surface area contributed by atoms with E-state index in [9.17, 15) is 14.4 Å². The molecule has 1 aliphatic rings. The summed E-state index contributed by atoms with van der Waals surface area (Å²) in [5.74, 6) is -1.68. The summed E-state index contributed by atoms with van der Waals surface area (Å²) in [4.78, 5) is 40.1. The largest absolute Gasteiger partial charge is 0.479 e. The lowest BCUT2D eigenvalue weighted by molar-refractivity contribution is -0.162. The molecule has 0 heterocycles. The highest BCUT2D eigenvalue weighted by atomic mass is 16.7. The van der Waals surface area contributed by atoms with Crippen LogP contribution in [0, 0.1) is 5.41 Å². The summed E-state index contributed by atoms with van der Waals surface area (Å²) < 4.78 is 5.48. The second-order valence-electron chi connectivity index (χ2n) is 8.42. The van der Waals surface area contributed by atoms with E-state index in [0.717, 1.165) is 22.3 Å². The fourth-order valence-electron chi connectivity index (χ4n) is 3.57. The van der Waals surface area contributed by atoms with Gasteiger partial charge in [0.15, 0.2) is 6.10 Å². The van der Waals surface area contributed by atoms with E-state index in [4.69, 9.17) is 14.7 Å².